The Morgan fingerprint density at radius 3 is 2.82 bits per heavy atom. The molecule has 3 N–H and O–H groups in total. The summed E-state index contributed by atoms with van der Waals surface area (Å²) < 4.78 is 1.95. The van der Waals surface area contributed by atoms with Gasteiger partial charge in [-0.3, -0.25) is 9.59 Å². The Kier molecular flexibility index (Phi) is 5.66. The number of amides is 2. The summed E-state index contributed by atoms with van der Waals surface area (Å²) in [4.78, 5) is 23.7. The minimum atomic E-state index is -0.347. The van der Waals surface area contributed by atoms with Gasteiger partial charge in [-0.2, -0.15) is 0 Å². The van der Waals surface area contributed by atoms with Crippen LogP contribution in [0.1, 0.15) is 61.0 Å². The van der Waals surface area contributed by atoms with Crippen molar-refractivity contribution < 1.29 is 9.59 Å². The van der Waals surface area contributed by atoms with Crippen LogP contribution in [0.25, 0.3) is 0 Å². The average molecular weight is 400 g/mol. The van der Waals surface area contributed by atoms with Crippen LogP contribution in [0, 0.1) is 0 Å². The lowest BCUT2D eigenvalue weighted by Crippen LogP contribution is -2.32. The molecule has 1 aromatic heterocycles. The monoisotopic (exact) mass is 399 g/mol. The molecule has 8 heteroatoms. The van der Waals surface area contributed by atoms with Crippen LogP contribution in [-0.2, 0) is 22.6 Å². The van der Waals surface area contributed by atoms with E-state index in [4.69, 9.17) is 5.73 Å². The van der Waals surface area contributed by atoms with E-state index in [1.165, 1.54) is 22.9 Å². The number of nitrogens with one attached hydrogen (secondary N) is 1. The largest absolute Gasteiger partial charge is 0.370 e. The first-order valence-electron chi connectivity index (χ1n) is 9.83. The van der Waals surface area contributed by atoms with E-state index in [0.717, 1.165) is 37.9 Å². The molecule has 0 bridgehead atoms. The molecule has 1 aromatic carbocycles. The molecule has 7 nitrogen and oxygen atoms in total. The van der Waals surface area contributed by atoms with Crippen molar-refractivity contribution in [3.8, 4) is 0 Å². The Hall–Kier alpha value is -2.35. The van der Waals surface area contributed by atoms with Crippen molar-refractivity contribution >= 4 is 23.6 Å². The van der Waals surface area contributed by atoms with Crippen LogP contribution in [-0.4, -0.2) is 32.3 Å². The maximum absolute atomic E-state index is 12.6. The normalized spacial score (nSPS) is 18.5. The number of primary amides is 1. The van der Waals surface area contributed by atoms with Crippen LogP contribution < -0.4 is 11.1 Å². The summed E-state index contributed by atoms with van der Waals surface area (Å²) in [5.41, 5.74) is 7.86. The summed E-state index contributed by atoms with van der Waals surface area (Å²) in [6.07, 6.45) is 5.57. The molecule has 0 saturated heterocycles. The zero-order chi connectivity index (χ0) is 19.5. The van der Waals surface area contributed by atoms with Gasteiger partial charge in [-0.15, -0.1) is 10.2 Å². The third kappa shape index (κ3) is 4.38. The quantitative estimate of drug-likeness (QED) is 0.663. The molecule has 2 aliphatic rings. The number of fused-ring (bicyclic) bond motifs is 1. The summed E-state index contributed by atoms with van der Waals surface area (Å²) in [6, 6.07) is 8.40. The molecule has 2 amide bonds. The summed E-state index contributed by atoms with van der Waals surface area (Å²) >= 11 is 1.37. The first kappa shape index (κ1) is 19.0. The van der Waals surface area contributed by atoms with E-state index >= 15 is 0 Å². The van der Waals surface area contributed by atoms with Gasteiger partial charge in [-0.1, -0.05) is 36.0 Å². The van der Waals surface area contributed by atoms with Crippen molar-refractivity contribution in [1.29, 1.82) is 0 Å². The van der Waals surface area contributed by atoms with Gasteiger partial charge in [0, 0.05) is 18.9 Å². The number of hydrogen-bond acceptors (Lipinski definition) is 5. The van der Waals surface area contributed by atoms with E-state index in [-0.39, 0.29) is 30.0 Å². The van der Waals surface area contributed by atoms with Gasteiger partial charge in [-0.05, 0) is 43.2 Å². The van der Waals surface area contributed by atoms with E-state index < -0.39 is 0 Å². The minimum absolute atomic E-state index is 0.0101. The fraction of sp³-hybridized carbons (Fsp3) is 0.500. The van der Waals surface area contributed by atoms with Crippen molar-refractivity contribution in [2.24, 2.45) is 5.73 Å². The average Bonchev–Trinajstić information content (AvgIpc) is 3.45. The number of hydrogen-bond donors (Lipinski definition) is 2. The number of nitrogens with two attached hydrogens (primary N) is 1. The van der Waals surface area contributed by atoms with E-state index in [2.05, 4.69) is 33.7 Å². The third-order valence-corrected chi connectivity index (χ3v) is 6.27. The number of carbonyl (C=O) groups is 2. The van der Waals surface area contributed by atoms with Crippen molar-refractivity contribution in [1.82, 2.24) is 20.1 Å². The minimum Gasteiger partial charge on any atom is -0.370 e. The maximum atomic E-state index is 12.6. The molecule has 0 aliphatic heterocycles. The summed E-state index contributed by atoms with van der Waals surface area (Å²) in [5, 5.41) is 12.4. The van der Waals surface area contributed by atoms with Gasteiger partial charge < -0.3 is 15.6 Å². The molecule has 1 saturated carbocycles. The van der Waals surface area contributed by atoms with Crippen molar-refractivity contribution in [2.45, 2.75) is 62.2 Å². The Labute approximate surface area is 168 Å². The van der Waals surface area contributed by atoms with Gasteiger partial charge in [0.1, 0.15) is 5.82 Å². The fourth-order valence-corrected chi connectivity index (χ4v) is 4.54. The molecule has 2 aliphatic carbocycles. The molecular weight excluding hydrogens is 374 g/mol. The van der Waals surface area contributed by atoms with Gasteiger partial charge in [0.25, 0.3) is 0 Å². The zero-order valence-electron chi connectivity index (χ0n) is 15.8. The highest BCUT2D eigenvalue weighted by Crippen LogP contribution is 2.40. The van der Waals surface area contributed by atoms with Crippen molar-refractivity contribution in [2.75, 3.05) is 5.75 Å². The molecular formula is C20H25N5O2S. The van der Waals surface area contributed by atoms with Crippen LogP contribution in [0.4, 0.5) is 0 Å². The van der Waals surface area contributed by atoms with Gasteiger partial charge in [0.05, 0.1) is 11.8 Å². The Morgan fingerprint density at radius 2 is 2.04 bits per heavy atom. The third-order valence-electron chi connectivity index (χ3n) is 5.31. The predicted molar refractivity (Wildman–Crippen MR) is 107 cm³/mol. The highest BCUT2D eigenvalue weighted by molar-refractivity contribution is 7.99. The van der Waals surface area contributed by atoms with Crippen LogP contribution in [0.2, 0.25) is 0 Å². The summed E-state index contributed by atoms with van der Waals surface area (Å²) in [5.74, 6) is 1.25. The Morgan fingerprint density at radius 1 is 1.21 bits per heavy atom. The number of aromatic nitrogens is 3. The molecule has 1 unspecified atom stereocenters. The molecule has 0 radical (unpaired) electrons. The molecule has 4 rings (SSSR count). The first-order valence-corrected chi connectivity index (χ1v) is 10.8. The summed E-state index contributed by atoms with van der Waals surface area (Å²) in [6.45, 7) is 0.466. The molecule has 1 atom stereocenters. The van der Waals surface area contributed by atoms with Crippen LogP contribution in [0.15, 0.2) is 29.4 Å². The molecule has 1 heterocycles. The van der Waals surface area contributed by atoms with E-state index in [0.29, 0.717) is 17.6 Å². The Bertz CT molecular complexity index is 877. The van der Waals surface area contributed by atoms with Gasteiger partial charge in [0.15, 0.2) is 5.16 Å². The predicted octanol–water partition coefficient (Wildman–Crippen LogP) is 2.32. The standard InChI is InChI=1S/C20H25N5O2S/c21-17(26)10-11-25-19(14-8-9-14)23-24-20(25)28-12-18(27)22-16-7-3-5-13-4-1-2-6-15(13)16/h1-2,4,6,14,16H,3,5,7-12H2,(H2,21,26)(H,22,27). The second-order valence-electron chi connectivity index (χ2n) is 7.48. The fourth-order valence-electron chi connectivity index (χ4n) is 3.75. The molecule has 2 aromatic rings. The SMILES string of the molecule is NC(=O)CCn1c(SCC(=O)NC2CCCc3ccccc32)nnc1C1CC1. The number of nitrogens with zero attached hydrogens (tertiary/aromatic N) is 3. The van der Waals surface area contributed by atoms with Crippen molar-refractivity contribution in [3.05, 3.63) is 41.2 Å². The van der Waals surface area contributed by atoms with E-state index in [1.54, 1.807) is 0 Å². The van der Waals surface area contributed by atoms with Gasteiger partial charge >= 0.3 is 0 Å². The van der Waals surface area contributed by atoms with Gasteiger partial charge in [0.2, 0.25) is 11.8 Å². The van der Waals surface area contributed by atoms with E-state index in [1.807, 2.05) is 10.6 Å². The highest BCUT2D eigenvalue weighted by Gasteiger charge is 2.30. The maximum Gasteiger partial charge on any atom is 0.230 e. The molecule has 28 heavy (non-hydrogen) atoms. The zero-order valence-corrected chi connectivity index (χ0v) is 16.6. The molecule has 148 valence electrons. The number of thioether (sulfide) groups is 1. The lowest BCUT2D eigenvalue weighted by molar-refractivity contribution is -0.119. The van der Waals surface area contributed by atoms with E-state index in [9.17, 15) is 9.59 Å². The second-order valence-corrected chi connectivity index (χ2v) is 8.43. The topological polar surface area (TPSA) is 103 Å². The second kappa shape index (κ2) is 8.34. The number of rotatable bonds is 8. The summed E-state index contributed by atoms with van der Waals surface area (Å²) in [7, 11) is 0. The van der Waals surface area contributed by atoms with Crippen LogP contribution >= 0.6 is 11.8 Å². The molecule has 1 fully saturated rings. The van der Waals surface area contributed by atoms with Gasteiger partial charge in [-0.25, -0.2) is 0 Å². The lowest BCUT2D eigenvalue weighted by Gasteiger charge is -2.26. The van der Waals surface area contributed by atoms with Crippen LogP contribution in [0.5, 0.6) is 0 Å². The molecule has 0 spiro atoms. The highest BCUT2D eigenvalue weighted by atomic mass is 32.2. The Balaban J connectivity index is 1.38. The van der Waals surface area contributed by atoms with Crippen LogP contribution in [0.3, 0.4) is 0 Å². The lowest BCUT2D eigenvalue weighted by atomic mass is 9.88. The first-order chi connectivity index (χ1) is 13.6. The smallest absolute Gasteiger partial charge is 0.230 e. The number of benzene rings is 1. The number of aryl methyl sites for hydroxylation is 1. The number of carbonyl (C=O) groups excluding carboxylic acids is 2. The van der Waals surface area contributed by atoms with Crippen molar-refractivity contribution in [3.63, 3.8) is 0 Å².